The van der Waals surface area contributed by atoms with Gasteiger partial charge in [0.15, 0.2) is 0 Å². The maximum absolute atomic E-state index is 15.3. The topological polar surface area (TPSA) is 388 Å². The molecule has 0 saturated carbocycles. The number of amides is 9. The summed E-state index contributed by atoms with van der Waals surface area (Å²) in [6, 6.07) is 11.6. The molecule has 5 aliphatic rings. The van der Waals surface area contributed by atoms with Crippen molar-refractivity contribution >= 4 is 104 Å². The third-order valence-electron chi connectivity index (χ3n) is 17.9. The number of aromatic amines is 3. The summed E-state index contributed by atoms with van der Waals surface area (Å²) in [5, 5.41) is 39.9. The number of fused-ring (bicyclic) bond motifs is 27. The number of carboxylic acid groups (broad SMARTS) is 1. The third-order valence-corrected chi connectivity index (χ3v) is 20.2. The Morgan fingerprint density at radius 3 is 1.92 bits per heavy atom. The van der Waals surface area contributed by atoms with Gasteiger partial charge in [0, 0.05) is 109 Å². The molecule has 4 bridgehead atoms. The summed E-state index contributed by atoms with van der Waals surface area (Å²) in [5.74, 6) is -7.99. The third kappa shape index (κ3) is 16.6. The maximum Gasteiger partial charge on any atom is 0.305 e. The Kier molecular flexibility index (Phi) is 21.8. The first-order valence-electron chi connectivity index (χ1n) is 32.1. The molecule has 98 heavy (non-hydrogen) atoms. The number of aliphatic carboxylic acids is 1. The molecular formula is C68H74F2N14O12S2. The minimum atomic E-state index is -2.02. The Bertz CT molecular complexity index is 4210. The zero-order valence-corrected chi connectivity index (χ0v) is 54.6. The molecule has 0 aliphatic carbocycles. The van der Waals surface area contributed by atoms with Crippen molar-refractivity contribution in [3.05, 3.63) is 167 Å². The van der Waals surface area contributed by atoms with Gasteiger partial charge in [-0.3, -0.25) is 47.9 Å². The maximum atomic E-state index is 15.3. The van der Waals surface area contributed by atoms with Gasteiger partial charge < -0.3 is 77.9 Å². The van der Waals surface area contributed by atoms with E-state index in [-0.39, 0.29) is 79.9 Å². The second kappa shape index (κ2) is 30.9. The number of hydrogen-bond acceptors (Lipinski definition) is 15. The number of imidazole rings is 1. The van der Waals surface area contributed by atoms with Crippen LogP contribution in [0.1, 0.15) is 72.0 Å². The van der Waals surface area contributed by atoms with E-state index in [1.807, 2.05) is 18.2 Å². The first-order chi connectivity index (χ1) is 47.2. The zero-order chi connectivity index (χ0) is 69.2. The number of halogens is 2. The van der Waals surface area contributed by atoms with Gasteiger partial charge >= 0.3 is 5.97 Å². The van der Waals surface area contributed by atoms with Crippen LogP contribution >= 0.6 is 23.5 Å². The van der Waals surface area contributed by atoms with Crippen molar-refractivity contribution in [2.24, 2.45) is 5.73 Å². The molecule has 4 aromatic carbocycles. The zero-order valence-electron chi connectivity index (χ0n) is 53.0. The average Bonchev–Trinajstić information content (AvgIpc) is 1.47. The number of thioether (sulfide) groups is 2. The van der Waals surface area contributed by atoms with Gasteiger partial charge in [-0.15, -0.1) is 0 Å². The minimum absolute atomic E-state index is 0.0757. The molecule has 3 aromatic heterocycles. The summed E-state index contributed by atoms with van der Waals surface area (Å²) in [7, 11) is 0. The van der Waals surface area contributed by atoms with Gasteiger partial charge in [-0.2, -0.15) is 23.5 Å². The molecule has 2 fully saturated rings. The number of hydrogen-bond donors (Lipinski definition) is 13. The summed E-state index contributed by atoms with van der Waals surface area (Å²) in [6.45, 7) is -0.337. The molecule has 0 radical (unpaired) electrons. The van der Waals surface area contributed by atoms with Gasteiger partial charge in [0.2, 0.25) is 47.3 Å². The van der Waals surface area contributed by atoms with Crippen molar-refractivity contribution in [2.75, 3.05) is 31.1 Å². The molecule has 30 heteroatoms. The number of H-pyrrole nitrogens is 3. The van der Waals surface area contributed by atoms with Crippen LogP contribution in [0.3, 0.4) is 0 Å². The van der Waals surface area contributed by atoms with E-state index in [0.717, 1.165) is 11.1 Å². The highest BCUT2D eigenvalue weighted by molar-refractivity contribution is 7.98. The number of nitrogens with zero attached hydrogens (tertiary/aromatic N) is 3. The molecule has 14 N–H and O–H groups in total. The van der Waals surface area contributed by atoms with Crippen molar-refractivity contribution in [3.63, 3.8) is 0 Å². The summed E-state index contributed by atoms with van der Waals surface area (Å²) in [6.07, 6.45) is 6.20. The summed E-state index contributed by atoms with van der Waals surface area (Å²) >= 11 is 3.20. The molecule has 2 saturated heterocycles. The summed E-state index contributed by atoms with van der Waals surface area (Å²) < 4.78 is 29.8. The molecule has 26 nitrogen and oxygen atoms in total. The smallest absolute Gasteiger partial charge is 0.305 e. The SMILES string of the molecule is NC1=C[C@@]23CCCN2C(=O)[C@H](Cc2ccc(O)cc2)NC(=O)[C@H](Cc2c[nH]cn2)NC(=O)[C@H](CC(=O)O)NC(=O)[C@H](Cc2c[nH]c4ccc(F)cc24)NC(=O)[C@H](Cc2c[nH]c4ccc(F)cc24)NC(=O)CNC(=O)[C@@H]2CCC(=O)N2CCCSCc2cccc(c2)CSC[C@@H]1NC3=O. The van der Waals surface area contributed by atoms with Crippen LogP contribution in [0.15, 0.2) is 122 Å². The van der Waals surface area contributed by atoms with Crippen molar-refractivity contribution in [3.8, 4) is 5.75 Å². The Hall–Kier alpha value is -10.2. The van der Waals surface area contributed by atoms with Crippen molar-refractivity contribution < 1.29 is 66.9 Å². The van der Waals surface area contributed by atoms with Crippen LogP contribution in [0, 0.1) is 11.6 Å². The van der Waals surface area contributed by atoms with Crippen molar-refractivity contribution in [1.82, 2.24) is 67.0 Å². The number of aromatic hydroxyl groups is 1. The Morgan fingerprint density at radius 2 is 1.28 bits per heavy atom. The second-order valence-electron chi connectivity index (χ2n) is 24.8. The predicted octanol–water partition coefficient (Wildman–Crippen LogP) is 2.91. The number of aromatic nitrogens is 4. The number of phenolic OH excluding ortho intramolecular Hbond substituents is 1. The average molecular weight is 1380 g/mol. The molecule has 5 aliphatic heterocycles. The highest BCUT2D eigenvalue weighted by Crippen LogP contribution is 2.36. The van der Waals surface area contributed by atoms with Gasteiger partial charge in [0.1, 0.15) is 59.2 Å². The molecule has 0 unspecified atom stereocenters. The Labute approximate surface area is 568 Å². The van der Waals surface area contributed by atoms with Gasteiger partial charge in [0.25, 0.3) is 5.91 Å². The van der Waals surface area contributed by atoms with E-state index in [1.165, 1.54) is 95.4 Å². The lowest BCUT2D eigenvalue weighted by molar-refractivity contribution is -0.145. The van der Waals surface area contributed by atoms with Gasteiger partial charge in [-0.05, 0) is 114 Å². The van der Waals surface area contributed by atoms with Crippen LogP contribution in [-0.4, -0.2) is 178 Å². The lowest BCUT2D eigenvalue weighted by atomic mass is 9.88. The largest absolute Gasteiger partial charge is 0.508 e. The van der Waals surface area contributed by atoms with E-state index in [2.05, 4.69) is 63.2 Å². The van der Waals surface area contributed by atoms with E-state index in [4.69, 9.17) is 5.73 Å². The predicted molar refractivity (Wildman–Crippen MR) is 359 cm³/mol. The normalized spacial score (nSPS) is 24.1. The number of nitrogens with two attached hydrogens (primary N) is 1. The summed E-state index contributed by atoms with van der Waals surface area (Å²) in [4.78, 5) is 160. The van der Waals surface area contributed by atoms with Crippen molar-refractivity contribution in [2.45, 2.75) is 124 Å². The van der Waals surface area contributed by atoms with Gasteiger partial charge in [0.05, 0.1) is 31.0 Å². The van der Waals surface area contributed by atoms with Crippen LogP contribution in [0.4, 0.5) is 8.78 Å². The van der Waals surface area contributed by atoms with E-state index < -0.39 is 132 Å². The minimum Gasteiger partial charge on any atom is -0.508 e. The number of nitrogens with one attached hydrogen (secondary N) is 10. The van der Waals surface area contributed by atoms with E-state index in [1.54, 1.807) is 29.6 Å². The number of carbonyl (C=O) groups is 10. The first-order valence-corrected chi connectivity index (χ1v) is 34.4. The molecule has 12 rings (SSSR count). The van der Waals surface area contributed by atoms with Crippen LogP contribution in [-0.2, 0) is 85.1 Å². The van der Waals surface area contributed by atoms with E-state index in [0.29, 0.717) is 69.1 Å². The number of carboxylic acids is 1. The molecule has 7 aromatic rings. The quantitative estimate of drug-likeness (QED) is 0.0876. The fraction of sp³-hybridized carbons (Fsp3) is 0.368. The fourth-order valence-corrected chi connectivity index (χ4v) is 14.9. The molecule has 9 amide bonds. The lowest BCUT2D eigenvalue weighted by Crippen LogP contribution is -2.65. The van der Waals surface area contributed by atoms with E-state index in [9.17, 15) is 47.8 Å². The molecule has 1 spiro atoms. The number of phenols is 1. The number of carbonyl (C=O) groups excluding carboxylic acids is 9. The van der Waals surface area contributed by atoms with E-state index >= 15 is 19.2 Å². The first kappa shape index (κ1) is 69.1. The molecule has 514 valence electrons. The standard InChI is InChI=1S/C68H74F2N14O12S2/c69-42-8-12-49-46(24-42)40(29-73-49)22-51-61(90)78-52(23-41-30-74-50-13-9-43(70)25-47(41)50)62(91)80-54(27-60(88)89)64(93)79-53(26-44-31-72-36-76-44)63(92)81-55(21-37-6-10-45(85)11-7-37)66(95)84-18-2-16-68(84)28-48(71)56(82-67(68)96)35-98-34-39-5-1-4-38(20-39)33-97-19-3-17-83-57(14-15-59(83)87)65(94)75-32-58(86)77-51/h1,4-13,20,24-25,28-31,36,51-57,73-74,85H,2-3,14-19,21-23,26-27,32-35,71H2,(H,72,76)(H,75,94)(H,77,86)(H,78,90)(H,79,93)(H,80,91)(H,81,92)(H,82,96)(H,88,89)/t51-,52-,53-,54-,55-,56-,57-,68+/m0/s1. The molecule has 8 heterocycles. The van der Waals surface area contributed by atoms with Crippen LogP contribution in [0.25, 0.3) is 21.8 Å². The van der Waals surface area contributed by atoms with Crippen LogP contribution in [0.2, 0.25) is 0 Å². The number of benzene rings is 4. The van der Waals surface area contributed by atoms with Gasteiger partial charge in [-0.1, -0.05) is 36.4 Å². The van der Waals surface area contributed by atoms with Crippen LogP contribution in [0.5, 0.6) is 5.75 Å². The Morgan fingerprint density at radius 1 is 0.663 bits per heavy atom. The highest BCUT2D eigenvalue weighted by Gasteiger charge is 2.52. The van der Waals surface area contributed by atoms with Crippen molar-refractivity contribution in [1.29, 1.82) is 0 Å². The second-order valence-corrected chi connectivity index (χ2v) is 26.9. The van der Waals surface area contributed by atoms with Crippen LogP contribution < -0.4 is 43.0 Å². The molecular weight excluding hydrogens is 1310 g/mol. The summed E-state index contributed by atoms with van der Waals surface area (Å²) in [5.41, 5.74) is 9.82. The highest BCUT2D eigenvalue weighted by atomic mass is 32.2. The number of rotatable bonds is 10. The van der Waals surface area contributed by atoms with Gasteiger partial charge in [-0.25, -0.2) is 13.8 Å². The molecule has 8 atom stereocenters. The lowest BCUT2D eigenvalue weighted by Gasteiger charge is -2.41. The Balaban J connectivity index is 0.920. The monoisotopic (exact) mass is 1380 g/mol. The fourth-order valence-electron chi connectivity index (χ4n) is 13.0.